The smallest absolute Gasteiger partial charge is 0.415 e. The quantitative estimate of drug-likeness (QED) is 0.300. The first-order valence-corrected chi connectivity index (χ1v) is 12.4. The standard InChI is InChI=1S/C29H29ClN4O4/c1-33(2)28-31-17-26(27(32-28)23-14-7-8-15-24(23)30)38-29(36)34(3)18-25(35)21-12-9-13-22(16-21)37-19-20-10-5-4-6-11-20/h4-17,25,35H,18-19H2,1-3H3. The maximum absolute atomic E-state index is 13.0. The molecule has 1 N–H and O–H groups in total. The number of hydrogen-bond donors (Lipinski definition) is 1. The molecule has 0 saturated heterocycles. The third-order valence-corrected chi connectivity index (χ3v) is 6.05. The molecule has 1 unspecified atom stereocenters. The molecular formula is C29H29ClN4O4. The second-order valence-corrected chi connectivity index (χ2v) is 9.28. The molecule has 0 spiro atoms. The predicted molar refractivity (Wildman–Crippen MR) is 148 cm³/mol. The average Bonchev–Trinajstić information content (AvgIpc) is 2.93. The van der Waals surface area contributed by atoms with Gasteiger partial charge in [-0.15, -0.1) is 0 Å². The van der Waals surface area contributed by atoms with Crippen LogP contribution in [-0.2, 0) is 6.61 Å². The minimum absolute atomic E-state index is 0.000955. The number of aliphatic hydroxyl groups excluding tert-OH is 1. The summed E-state index contributed by atoms with van der Waals surface area (Å²) < 4.78 is 11.5. The lowest BCUT2D eigenvalue weighted by Crippen LogP contribution is -2.33. The van der Waals surface area contributed by atoms with Gasteiger partial charge in [-0.1, -0.05) is 72.3 Å². The van der Waals surface area contributed by atoms with Crippen molar-refractivity contribution < 1.29 is 19.4 Å². The number of likely N-dealkylation sites (N-methyl/N-ethyl adjacent to an activating group) is 1. The van der Waals surface area contributed by atoms with Crippen LogP contribution < -0.4 is 14.4 Å². The number of rotatable bonds is 9. The van der Waals surface area contributed by atoms with Crippen molar-refractivity contribution in [2.45, 2.75) is 12.7 Å². The number of aliphatic hydroxyl groups is 1. The van der Waals surface area contributed by atoms with Crippen molar-refractivity contribution >= 4 is 23.6 Å². The summed E-state index contributed by atoms with van der Waals surface area (Å²) in [5.41, 5.74) is 2.66. The first kappa shape index (κ1) is 26.9. The molecule has 1 atom stereocenters. The van der Waals surface area contributed by atoms with Crippen molar-refractivity contribution in [1.82, 2.24) is 14.9 Å². The third-order valence-electron chi connectivity index (χ3n) is 5.72. The molecule has 0 radical (unpaired) electrons. The normalized spacial score (nSPS) is 11.5. The highest BCUT2D eigenvalue weighted by molar-refractivity contribution is 6.33. The van der Waals surface area contributed by atoms with E-state index in [1.165, 1.54) is 11.1 Å². The van der Waals surface area contributed by atoms with Gasteiger partial charge in [0.05, 0.1) is 23.9 Å². The van der Waals surface area contributed by atoms with Crippen LogP contribution in [0.5, 0.6) is 11.5 Å². The Kier molecular flexibility index (Phi) is 8.78. The number of halogens is 1. The van der Waals surface area contributed by atoms with Crippen LogP contribution in [0, 0.1) is 0 Å². The van der Waals surface area contributed by atoms with Crippen molar-refractivity contribution in [3.05, 3.63) is 101 Å². The highest BCUT2D eigenvalue weighted by atomic mass is 35.5. The fourth-order valence-corrected chi connectivity index (χ4v) is 3.89. The Morgan fingerprint density at radius 2 is 1.74 bits per heavy atom. The molecule has 1 amide bonds. The summed E-state index contributed by atoms with van der Waals surface area (Å²) in [6.45, 7) is 0.411. The lowest BCUT2D eigenvalue weighted by molar-refractivity contribution is 0.112. The molecule has 4 rings (SSSR count). The zero-order chi connectivity index (χ0) is 27.1. The Hall–Kier alpha value is -4.14. The first-order valence-electron chi connectivity index (χ1n) is 12.0. The monoisotopic (exact) mass is 532 g/mol. The van der Waals surface area contributed by atoms with Gasteiger partial charge in [0.25, 0.3) is 0 Å². The number of aromatic nitrogens is 2. The molecule has 4 aromatic rings. The number of ether oxygens (including phenoxy) is 2. The van der Waals surface area contributed by atoms with Gasteiger partial charge in [-0.25, -0.2) is 14.8 Å². The molecule has 0 aliphatic rings. The molecule has 0 aliphatic carbocycles. The summed E-state index contributed by atoms with van der Waals surface area (Å²) in [6, 6.07) is 24.1. The fraction of sp³-hybridized carbons (Fsp3) is 0.207. The number of anilines is 1. The van der Waals surface area contributed by atoms with E-state index in [2.05, 4.69) is 9.97 Å². The highest BCUT2D eigenvalue weighted by Gasteiger charge is 2.21. The lowest BCUT2D eigenvalue weighted by atomic mass is 10.1. The topological polar surface area (TPSA) is 88.0 Å². The molecule has 9 heteroatoms. The maximum Gasteiger partial charge on any atom is 0.415 e. The molecule has 0 bridgehead atoms. The Labute approximate surface area is 227 Å². The number of carbonyl (C=O) groups excluding carboxylic acids is 1. The van der Waals surface area contributed by atoms with Gasteiger partial charge >= 0.3 is 6.09 Å². The van der Waals surface area contributed by atoms with Crippen LogP contribution in [0.4, 0.5) is 10.7 Å². The molecule has 0 fully saturated rings. The molecule has 0 saturated carbocycles. The van der Waals surface area contributed by atoms with Crippen LogP contribution in [0.25, 0.3) is 11.3 Å². The van der Waals surface area contributed by atoms with Gasteiger partial charge in [-0.2, -0.15) is 0 Å². The van der Waals surface area contributed by atoms with E-state index >= 15 is 0 Å². The molecule has 196 valence electrons. The Morgan fingerprint density at radius 1 is 1.00 bits per heavy atom. The Bertz CT molecular complexity index is 1380. The minimum atomic E-state index is -0.955. The molecule has 0 aliphatic heterocycles. The van der Waals surface area contributed by atoms with Crippen molar-refractivity contribution in [3.63, 3.8) is 0 Å². The number of carbonyl (C=O) groups is 1. The van der Waals surface area contributed by atoms with Crippen LogP contribution in [0.2, 0.25) is 5.02 Å². The molecule has 1 aromatic heterocycles. The van der Waals surface area contributed by atoms with E-state index in [4.69, 9.17) is 21.1 Å². The zero-order valence-corrected chi connectivity index (χ0v) is 22.2. The van der Waals surface area contributed by atoms with E-state index in [9.17, 15) is 9.90 Å². The van der Waals surface area contributed by atoms with Crippen LogP contribution >= 0.6 is 11.6 Å². The predicted octanol–water partition coefficient (Wildman–Crippen LogP) is 5.61. The zero-order valence-electron chi connectivity index (χ0n) is 21.4. The lowest BCUT2D eigenvalue weighted by Gasteiger charge is -2.22. The van der Waals surface area contributed by atoms with Crippen LogP contribution in [-0.4, -0.2) is 53.8 Å². The average molecular weight is 533 g/mol. The van der Waals surface area contributed by atoms with Gasteiger partial charge in [-0.05, 0) is 29.3 Å². The van der Waals surface area contributed by atoms with E-state index < -0.39 is 12.2 Å². The summed E-state index contributed by atoms with van der Waals surface area (Å²) in [4.78, 5) is 24.8. The van der Waals surface area contributed by atoms with Gasteiger partial charge in [0.1, 0.15) is 18.1 Å². The third kappa shape index (κ3) is 6.79. The summed E-state index contributed by atoms with van der Waals surface area (Å²) in [5.74, 6) is 1.22. The second kappa shape index (κ2) is 12.4. The number of hydrogen-bond acceptors (Lipinski definition) is 7. The molecule has 1 heterocycles. The van der Waals surface area contributed by atoms with E-state index in [1.807, 2.05) is 62.6 Å². The van der Waals surface area contributed by atoms with Crippen LogP contribution in [0.3, 0.4) is 0 Å². The van der Waals surface area contributed by atoms with Gasteiger partial charge < -0.3 is 24.4 Å². The summed E-state index contributed by atoms with van der Waals surface area (Å²) >= 11 is 6.40. The Morgan fingerprint density at radius 3 is 2.47 bits per heavy atom. The van der Waals surface area contributed by atoms with Crippen molar-refractivity contribution in [2.24, 2.45) is 0 Å². The van der Waals surface area contributed by atoms with Crippen LogP contribution in [0.1, 0.15) is 17.2 Å². The van der Waals surface area contributed by atoms with E-state index in [0.29, 0.717) is 40.1 Å². The van der Waals surface area contributed by atoms with Crippen molar-refractivity contribution in [1.29, 1.82) is 0 Å². The molecule has 3 aromatic carbocycles. The van der Waals surface area contributed by atoms with Gasteiger partial charge in [0.15, 0.2) is 5.75 Å². The molecule has 8 nitrogen and oxygen atoms in total. The summed E-state index contributed by atoms with van der Waals surface area (Å²) in [6.07, 6.45) is -0.185. The largest absolute Gasteiger partial charge is 0.489 e. The van der Waals surface area contributed by atoms with E-state index in [0.717, 1.165) is 5.56 Å². The second-order valence-electron chi connectivity index (χ2n) is 8.87. The van der Waals surface area contributed by atoms with E-state index in [1.54, 1.807) is 42.3 Å². The highest BCUT2D eigenvalue weighted by Crippen LogP contribution is 2.34. The van der Waals surface area contributed by atoms with Crippen molar-refractivity contribution in [2.75, 3.05) is 32.6 Å². The number of nitrogens with zero attached hydrogens (tertiary/aromatic N) is 4. The SMILES string of the molecule is CN(CC(O)c1cccc(OCc2ccccc2)c1)C(=O)Oc1cnc(N(C)C)nc1-c1ccccc1Cl. The van der Waals surface area contributed by atoms with Crippen molar-refractivity contribution in [3.8, 4) is 22.8 Å². The number of amides is 1. The van der Waals surface area contributed by atoms with Gasteiger partial charge in [0, 0.05) is 26.7 Å². The summed E-state index contributed by atoms with van der Waals surface area (Å²) in [7, 11) is 5.17. The first-order chi connectivity index (χ1) is 18.3. The Balaban J connectivity index is 1.44. The minimum Gasteiger partial charge on any atom is -0.489 e. The van der Waals surface area contributed by atoms with Gasteiger partial charge in [0.2, 0.25) is 5.95 Å². The molecular weight excluding hydrogens is 504 g/mol. The molecule has 38 heavy (non-hydrogen) atoms. The maximum atomic E-state index is 13.0. The van der Waals surface area contributed by atoms with Crippen LogP contribution in [0.15, 0.2) is 85.1 Å². The number of benzene rings is 3. The summed E-state index contributed by atoms with van der Waals surface area (Å²) in [5, 5.41) is 11.3. The van der Waals surface area contributed by atoms with E-state index in [-0.39, 0.29) is 12.3 Å². The van der Waals surface area contributed by atoms with Gasteiger partial charge in [-0.3, -0.25) is 0 Å². The fourth-order valence-electron chi connectivity index (χ4n) is 3.66.